The average molecular weight is 997 g/mol. The lowest BCUT2D eigenvalue weighted by molar-refractivity contribution is 0.179. The number of rotatable bonds is 14. The molecule has 0 amide bonds. The summed E-state index contributed by atoms with van der Waals surface area (Å²) in [6, 6.07) is 16.9. The number of phenols is 4. The molecule has 0 saturated heterocycles. The summed E-state index contributed by atoms with van der Waals surface area (Å²) >= 11 is 0. The largest absolute Gasteiger partial charge is 0.508 e. The Morgan fingerprint density at radius 1 is 0.329 bits per heavy atom. The van der Waals surface area contributed by atoms with Crippen molar-refractivity contribution in [1.29, 1.82) is 0 Å². The van der Waals surface area contributed by atoms with Crippen LogP contribution in [0.15, 0.2) is 48.5 Å². The van der Waals surface area contributed by atoms with Crippen LogP contribution in [-0.2, 0) is 10.8 Å². The molecule has 73 heavy (non-hydrogen) atoms. The number of hydrogen-bond donors (Lipinski definition) is 4. The van der Waals surface area contributed by atoms with Gasteiger partial charge in [-0.25, -0.2) is 0 Å². The molecule has 4 aromatic rings. The van der Waals surface area contributed by atoms with Crippen LogP contribution in [0.5, 0.6) is 46.0 Å². The highest BCUT2D eigenvalue weighted by atomic mass is 16.5. The Morgan fingerprint density at radius 3 is 0.753 bits per heavy atom. The molecule has 6 saturated carbocycles. The molecule has 4 N–H and O–H groups in total. The van der Waals surface area contributed by atoms with Crippen LogP contribution in [-0.4, -0.2) is 48.9 Å². The molecular formula is C65H88O8. The summed E-state index contributed by atoms with van der Waals surface area (Å²) < 4.78 is 25.1. The van der Waals surface area contributed by atoms with Gasteiger partial charge >= 0.3 is 0 Å². The first-order valence-corrected chi connectivity index (χ1v) is 29.2. The van der Waals surface area contributed by atoms with Gasteiger partial charge in [0.05, 0.1) is 28.4 Å². The smallest absolute Gasteiger partial charge is 0.126 e. The van der Waals surface area contributed by atoms with Crippen LogP contribution in [0.2, 0.25) is 0 Å². The predicted octanol–water partition coefficient (Wildman–Crippen LogP) is 16.8. The van der Waals surface area contributed by atoms with Gasteiger partial charge in [0.15, 0.2) is 0 Å². The molecule has 10 rings (SSSR count). The van der Waals surface area contributed by atoms with E-state index in [4.69, 9.17) is 18.9 Å². The van der Waals surface area contributed by atoms with Crippen LogP contribution >= 0.6 is 0 Å². The lowest BCUT2D eigenvalue weighted by atomic mass is 9.58. The van der Waals surface area contributed by atoms with Crippen molar-refractivity contribution in [3.63, 3.8) is 0 Å². The van der Waals surface area contributed by atoms with Crippen molar-refractivity contribution in [2.45, 2.75) is 221 Å². The number of aromatic hydroxyl groups is 4. The highest BCUT2D eigenvalue weighted by molar-refractivity contribution is 5.62. The molecule has 0 unspecified atom stereocenters. The van der Waals surface area contributed by atoms with Gasteiger partial charge in [0, 0.05) is 57.3 Å². The number of ether oxygens (including phenoxy) is 4. The quantitative estimate of drug-likeness (QED) is 0.0987. The van der Waals surface area contributed by atoms with Gasteiger partial charge in [0.25, 0.3) is 0 Å². The summed E-state index contributed by atoms with van der Waals surface area (Å²) in [6.45, 7) is 0. The van der Waals surface area contributed by atoms with Gasteiger partial charge in [0.1, 0.15) is 46.0 Å². The summed E-state index contributed by atoms with van der Waals surface area (Å²) in [5, 5.41) is 46.7. The molecule has 8 nitrogen and oxygen atoms in total. The summed E-state index contributed by atoms with van der Waals surface area (Å²) in [4.78, 5) is 0. The topological polar surface area (TPSA) is 118 Å². The second-order valence-electron chi connectivity index (χ2n) is 24.1. The Bertz CT molecular complexity index is 2180. The third-order valence-corrected chi connectivity index (χ3v) is 20.2. The van der Waals surface area contributed by atoms with Crippen molar-refractivity contribution < 1.29 is 39.4 Å². The fraction of sp³-hybridized carbons (Fsp3) is 0.631. The maximum Gasteiger partial charge on any atom is 0.126 e. The molecule has 0 atom stereocenters. The zero-order valence-corrected chi connectivity index (χ0v) is 45.0. The van der Waals surface area contributed by atoms with Crippen LogP contribution in [0.25, 0.3) is 0 Å². The van der Waals surface area contributed by atoms with Gasteiger partial charge < -0.3 is 39.4 Å². The van der Waals surface area contributed by atoms with E-state index in [9.17, 15) is 20.4 Å². The first kappa shape index (κ1) is 51.8. The molecule has 8 heteroatoms. The molecule has 6 aliphatic carbocycles. The molecular weight excluding hydrogens is 909 g/mol. The van der Waals surface area contributed by atoms with E-state index < -0.39 is 10.8 Å². The van der Waals surface area contributed by atoms with Crippen LogP contribution in [0, 0.1) is 11.8 Å². The highest BCUT2D eigenvalue weighted by Gasteiger charge is 2.47. The maximum absolute atomic E-state index is 11.7. The SMILES string of the molecule is COc1cc(O)c(C2CCCCC2)cc1C1(c2cc(C3CCCCC3)c(O)cc2OC)CCC(CC2CCC(c3cc(C4CCCCC4)c(O)cc3OC)(c3cc(C4CCCCC4)c(O)cc3OC)CC2)CC1. The molecule has 0 bridgehead atoms. The zero-order valence-electron chi connectivity index (χ0n) is 45.0. The number of hydrogen-bond acceptors (Lipinski definition) is 8. The number of methoxy groups -OCH3 is 4. The molecule has 4 aromatic carbocycles. The minimum Gasteiger partial charge on any atom is -0.508 e. The third kappa shape index (κ3) is 10.2. The number of phenolic OH excluding ortho intramolecular Hbond substituents is 4. The van der Waals surface area contributed by atoms with Crippen molar-refractivity contribution in [1.82, 2.24) is 0 Å². The predicted molar refractivity (Wildman–Crippen MR) is 292 cm³/mol. The Morgan fingerprint density at radius 2 is 0.548 bits per heavy atom. The minimum atomic E-state index is -0.430. The molecule has 0 heterocycles. The van der Waals surface area contributed by atoms with E-state index in [1.165, 1.54) is 77.0 Å². The van der Waals surface area contributed by atoms with Gasteiger partial charge in [-0.3, -0.25) is 0 Å². The average Bonchev–Trinajstić information content (AvgIpc) is 3.44. The molecule has 0 aliphatic heterocycles. The zero-order chi connectivity index (χ0) is 50.7. The van der Waals surface area contributed by atoms with Crippen LogP contribution in [0.1, 0.15) is 254 Å². The Labute approximate surface area is 437 Å². The molecule has 0 aromatic heterocycles. The third-order valence-electron chi connectivity index (χ3n) is 20.2. The maximum atomic E-state index is 11.7. The second kappa shape index (κ2) is 22.6. The first-order valence-electron chi connectivity index (χ1n) is 29.2. The van der Waals surface area contributed by atoms with Gasteiger partial charge in [-0.05, 0) is 191 Å². The van der Waals surface area contributed by atoms with Gasteiger partial charge in [-0.1, -0.05) is 77.0 Å². The van der Waals surface area contributed by atoms with E-state index in [0.717, 1.165) is 177 Å². The van der Waals surface area contributed by atoms with Gasteiger partial charge in [0.2, 0.25) is 0 Å². The van der Waals surface area contributed by atoms with Crippen molar-refractivity contribution in [3.05, 3.63) is 93.0 Å². The standard InChI is InChI=1S/C65H88O8/c1-70-60-38-56(66)48(44-17-9-5-10-18-44)34-52(60)64(53-35-49(45-19-11-6-12-20-45)57(67)39-61(53)71-2)29-25-42(26-30-64)33-43-27-31-65(32-28-43,54-36-50(46-21-13-7-14-22-46)58(68)40-62(54)72-3)55-37-51(47-23-15-8-16-24-47)59(69)41-63(55)73-4/h34-47,66-69H,5-33H2,1-4H3. The molecule has 6 fully saturated rings. The fourth-order valence-corrected chi connectivity index (χ4v) is 16.1. The second-order valence-corrected chi connectivity index (χ2v) is 24.1. The van der Waals surface area contributed by atoms with Crippen LogP contribution < -0.4 is 18.9 Å². The summed E-state index contributed by atoms with van der Waals surface area (Å²) in [7, 11) is 6.99. The van der Waals surface area contributed by atoms with Crippen molar-refractivity contribution in [3.8, 4) is 46.0 Å². The summed E-state index contributed by atoms with van der Waals surface area (Å²) in [6.07, 6.45) is 32.3. The minimum absolute atomic E-state index is 0.325. The molecule has 0 spiro atoms. The van der Waals surface area contributed by atoms with Gasteiger partial charge in [-0.2, -0.15) is 0 Å². The lowest BCUT2D eigenvalue weighted by Crippen LogP contribution is -2.37. The van der Waals surface area contributed by atoms with Crippen molar-refractivity contribution in [2.75, 3.05) is 28.4 Å². The Kier molecular flexibility index (Phi) is 16.0. The Hall–Kier alpha value is -4.72. The fourth-order valence-electron chi connectivity index (χ4n) is 16.1. The normalized spacial score (nSPS) is 22.0. The Balaban J connectivity index is 0.989. The van der Waals surface area contributed by atoms with Crippen molar-refractivity contribution >= 4 is 0 Å². The van der Waals surface area contributed by atoms with E-state index in [2.05, 4.69) is 24.3 Å². The van der Waals surface area contributed by atoms with Crippen LogP contribution in [0.3, 0.4) is 0 Å². The molecule has 396 valence electrons. The van der Waals surface area contributed by atoms with Crippen molar-refractivity contribution in [2.24, 2.45) is 11.8 Å². The molecule has 0 radical (unpaired) electrons. The number of benzene rings is 4. The van der Waals surface area contributed by atoms with Crippen LogP contribution in [0.4, 0.5) is 0 Å². The summed E-state index contributed by atoms with van der Waals surface area (Å²) in [5.74, 6) is 6.69. The highest BCUT2D eigenvalue weighted by Crippen LogP contribution is 2.59. The van der Waals surface area contributed by atoms with E-state index in [-0.39, 0.29) is 0 Å². The lowest BCUT2D eigenvalue weighted by Gasteiger charge is -2.46. The van der Waals surface area contributed by atoms with E-state index in [1.54, 1.807) is 28.4 Å². The van der Waals surface area contributed by atoms with E-state index >= 15 is 0 Å². The molecule has 6 aliphatic rings. The summed E-state index contributed by atoms with van der Waals surface area (Å²) in [5.41, 5.74) is 7.97. The first-order chi connectivity index (χ1) is 35.6. The monoisotopic (exact) mass is 997 g/mol. The van der Waals surface area contributed by atoms with Gasteiger partial charge in [-0.15, -0.1) is 0 Å². The van der Waals surface area contributed by atoms with E-state index in [0.29, 0.717) is 58.5 Å². The van der Waals surface area contributed by atoms with E-state index in [1.807, 2.05) is 24.3 Å².